The number of ether oxygens (including phenoxy) is 1. The summed E-state index contributed by atoms with van der Waals surface area (Å²) < 4.78 is 5.17. The fraction of sp³-hybridized carbons (Fsp3) is 0.250. The molecule has 0 radical (unpaired) electrons. The van der Waals surface area contributed by atoms with Crippen LogP contribution in [0.2, 0.25) is 0 Å². The third kappa shape index (κ3) is 1.79. The minimum atomic E-state index is 0.821. The number of aromatic nitrogens is 1. The van der Waals surface area contributed by atoms with Crippen molar-refractivity contribution in [3.63, 3.8) is 0 Å². The van der Waals surface area contributed by atoms with Gasteiger partial charge in [-0.05, 0) is 30.7 Å². The quantitative estimate of drug-likeness (QED) is 0.610. The van der Waals surface area contributed by atoms with Crippen molar-refractivity contribution in [1.29, 1.82) is 0 Å². The summed E-state index contributed by atoms with van der Waals surface area (Å²) in [5.74, 6) is 6.29. The van der Waals surface area contributed by atoms with Gasteiger partial charge in [0.25, 0.3) is 0 Å². The summed E-state index contributed by atoms with van der Waals surface area (Å²) in [5.41, 5.74) is 5.46. The number of hydrazine groups is 1. The van der Waals surface area contributed by atoms with Crippen molar-refractivity contribution in [1.82, 2.24) is 4.98 Å². The highest BCUT2D eigenvalue weighted by Crippen LogP contribution is 2.24. The largest absolute Gasteiger partial charge is 0.497 e. The topological polar surface area (TPSA) is 60.2 Å². The summed E-state index contributed by atoms with van der Waals surface area (Å²) >= 11 is 0. The highest BCUT2D eigenvalue weighted by molar-refractivity contribution is 5.84. The molecule has 0 saturated heterocycles. The second-order valence-electron chi connectivity index (χ2n) is 3.54. The third-order valence-corrected chi connectivity index (χ3v) is 2.59. The van der Waals surface area contributed by atoms with Gasteiger partial charge in [-0.25, -0.2) is 0 Å². The van der Waals surface area contributed by atoms with E-state index in [1.54, 1.807) is 7.11 Å². The minimum absolute atomic E-state index is 0.821. The van der Waals surface area contributed by atoms with Crippen LogP contribution in [0, 0.1) is 0 Å². The number of nitrogens with two attached hydrogens (primary N) is 1. The predicted octanol–water partition coefficient (Wildman–Crippen LogP) is 2.09. The fourth-order valence-corrected chi connectivity index (χ4v) is 1.72. The summed E-state index contributed by atoms with van der Waals surface area (Å²) in [6, 6.07) is 7.80. The first kappa shape index (κ1) is 10.7. The number of anilines is 1. The molecule has 1 heterocycles. The molecule has 1 aromatic carbocycles. The van der Waals surface area contributed by atoms with Crippen LogP contribution in [0.5, 0.6) is 5.75 Å². The number of pyridine rings is 1. The Hall–Kier alpha value is -1.81. The molecule has 2 rings (SSSR count). The molecule has 16 heavy (non-hydrogen) atoms. The fourth-order valence-electron chi connectivity index (χ4n) is 1.72. The number of nitrogen functional groups attached to an aromatic ring is 1. The first-order valence-electron chi connectivity index (χ1n) is 5.22. The van der Waals surface area contributed by atoms with Gasteiger partial charge in [-0.3, -0.25) is 10.8 Å². The van der Waals surface area contributed by atoms with E-state index in [0.717, 1.165) is 34.5 Å². The molecule has 0 fully saturated rings. The van der Waals surface area contributed by atoms with Gasteiger partial charge in [0.2, 0.25) is 0 Å². The number of benzene rings is 1. The van der Waals surface area contributed by atoms with Crippen LogP contribution in [-0.4, -0.2) is 12.1 Å². The summed E-state index contributed by atoms with van der Waals surface area (Å²) in [7, 11) is 1.65. The van der Waals surface area contributed by atoms with Gasteiger partial charge in [0.05, 0.1) is 24.0 Å². The van der Waals surface area contributed by atoms with Crippen molar-refractivity contribution in [3.8, 4) is 5.75 Å². The Morgan fingerprint density at radius 1 is 1.38 bits per heavy atom. The molecule has 0 aliphatic heterocycles. The number of methoxy groups -OCH3 is 1. The third-order valence-electron chi connectivity index (χ3n) is 2.59. The molecule has 0 saturated carbocycles. The number of hydrogen-bond acceptors (Lipinski definition) is 4. The van der Waals surface area contributed by atoms with Crippen molar-refractivity contribution in [3.05, 3.63) is 30.0 Å². The first-order valence-corrected chi connectivity index (χ1v) is 5.22. The molecular weight excluding hydrogens is 202 g/mol. The Morgan fingerprint density at radius 3 is 2.81 bits per heavy atom. The van der Waals surface area contributed by atoms with E-state index >= 15 is 0 Å². The van der Waals surface area contributed by atoms with Crippen molar-refractivity contribution in [2.45, 2.75) is 13.3 Å². The van der Waals surface area contributed by atoms with Gasteiger partial charge in [-0.15, -0.1) is 0 Å². The lowest BCUT2D eigenvalue weighted by molar-refractivity contribution is 0.415. The normalized spacial score (nSPS) is 10.4. The zero-order valence-corrected chi connectivity index (χ0v) is 9.45. The van der Waals surface area contributed by atoms with E-state index in [0.29, 0.717) is 0 Å². The predicted molar refractivity (Wildman–Crippen MR) is 65.5 cm³/mol. The number of rotatable bonds is 3. The van der Waals surface area contributed by atoms with Crippen LogP contribution in [0.25, 0.3) is 10.9 Å². The van der Waals surface area contributed by atoms with E-state index in [-0.39, 0.29) is 0 Å². The molecule has 0 amide bonds. The zero-order valence-electron chi connectivity index (χ0n) is 9.45. The van der Waals surface area contributed by atoms with Gasteiger partial charge in [0.15, 0.2) is 0 Å². The van der Waals surface area contributed by atoms with Gasteiger partial charge in [-0.1, -0.05) is 6.92 Å². The SMILES string of the molecule is CCc1nc2ccc(OC)cc2cc1NN. The van der Waals surface area contributed by atoms with Crippen LogP contribution in [0.1, 0.15) is 12.6 Å². The molecule has 4 nitrogen and oxygen atoms in total. The molecule has 0 spiro atoms. The van der Waals surface area contributed by atoms with Crippen LogP contribution in [-0.2, 0) is 6.42 Å². The molecule has 0 atom stereocenters. The molecule has 4 heteroatoms. The maximum absolute atomic E-state index is 5.47. The molecule has 0 aliphatic carbocycles. The highest BCUT2D eigenvalue weighted by Gasteiger charge is 2.05. The lowest BCUT2D eigenvalue weighted by atomic mass is 10.1. The van der Waals surface area contributed by atoms with Gasteiger partial charge < -0.3 is 10.2 Å². The first-order chi connectivity index (χ1) is 7.78. The molecule has 84 valence electrons. The number of nitrogens with zero attached hydrogens (tertiary/aromatic N) is 1. The monoisotopic (exact) mass is 217 g/mol. The van der Waals surface area contributed by atoms with Crippen LogP contribution in [0.15, 0.2) is 24.3 Å². The second-order valence-corrected chi connectivity index (χ2v) is 3.54. The van der Waals surface area contributed by atoms with E-state index in [1.165, 1.54) is 0 Å². The van der Waals surface area contributed by atoms with Gasteiger partial charge in [-0.2, -0.15) is 0 Å². The Balaban J connectivity index is 2.63. The smallest absolute Gasteiger partial charge is 0.119 e. The molecule has 1 aromatic heterocycles. The van der Waals surface area contributed by atoms with Crippen molar-refractivity contribution >= 4 is 16.6 Å². The number of nitrogens with one attached hydrogen (secondary N) is 1. The summed E-state index contributed by atoms with van der Waals surface area (Å²) in [6.07, 6.45) is 0.849. The second kappa shape index (κ2) is 4.37. The Morgan fingerprint density at radius 2 is 2.19 bits per heavy atom. The van der Waals surface area contributed by atoms with E-state index < -0.39 is 0 Å². The zero-order chi connectivity index (χ0) is 11.5. The van der Waals surface area contributed by atoms with Crippen LogP contribution < -0.4 is 16.0 Å². The number of hydrogen-bond donors (Lipinski definition) is 2. The number of aryl methyl sites for hydroxylation is 1. The average Bonchev–Trinajstić information content (AvgIpc) is 2.36. The van der Waals surface area contributed by atoms with Crippen molar-refractivity contribution in [2.24, 2.45) is 5.84 Å². The van der Waals surface area contributed by atoms with E-state index in [9.17, 15) is 0 Å². The molecule has 0 bridgehead atoms. The maximum Gasteiger partial charge on any atom is 0.119 e. The lowest BCUT2D eigenvalue weighted by Crippen LogP contribution is -2.10. The van der Waals surface area contributed by atoms with Crippen LogP contribution in [0.4, 0.5) is 5.69 Å². The number of fused-ring (bicyclic) bond motifs is 1. The average molecular weight is 217 g/mol. The van der Waals surface area contributed by atoms with Gasteiger partial charge in [0.1, 0.15) is 5.75 Å². The van der Waals surface area contributed by atoms with Gasteiger partial charge >= 0.3 is 0 Å². The van der Waals surface area contributed by atoms with E-state index in [1.807, 2.05) is 24.3 Å². The molecule has 3 N–H and O–H groups in total. The molecule has 0 unspecified atom stereocenters. The minimum Gasteiger partial charge on any atom is -0.497 e. The molecule has 0 aliphatic rings. The molecular formula is C12H15N3O. The summed E-state index contributed by atoms with van der Waals surface area (Å²) in [5, 5.41) is 1.02. The van der Waals surface area contributed by atoms with Gasteiger partial charge in [0, 0.05) is 5.39 Å². The van der Waals surface area contributed by atoms with Crippen molar-refractivity contribution < 1.29 is 4.74 Å². The summed E-state index contributed by atoms with van der Waals surface area (Å²) in [4.78, 5) is 4.54. The van der Waals surface area contributed by atoms with E-state index in [4.69, 9.17) is 10.6 Å². The van der Waals surface area contributed by atoms with E-state index in [2.05, 4.69) is 17.3 Å². The lowest BCUT2D eigenvalue weighted by Gasteiger charge is -2.09. The molecule has 2 aromatic rings. The maximum atomic E-state index is 5.47. The van der Waals surface area contributed by atoms with Crippen molar-refractivity contribution in [2.75, 3.05) is 12.5 Å². The Bertz CT molecular complexity index is 511. The standard InChI is InChI=1S/C12H15N3O/c1-3-10-12(15-13)7-8-6-9(16-2)4-5-11(8)14-10/h4-7,15H,3,13H2,1-2H3. The van der Waals surface area contributed by atoms with Crippen LogP contribution in [0.3, 0.4) is 0 Å². The Labute approximate surface area is 94.4 Å². The Kier molecular flexibility index (Phi) is 2.92. The summed E-state index contributed by atoms with van der Waals surface area (Å²) in [6.45, 7) is 2.05. The van der Waals surface area contributed by atoms with Crippen LogP contribution >= 0.6 is 0 Å². The highest BCUT2D eigenvalue weighted by atomic mass is 16.5.